The number of nitrogens with one attached hydrogen (secondary N) is 1. The number of thiazole rings is 1. The molecule has 0 bridgehead atoms. The van der Waals surface area contributed by atoms with Crippen LogP contribution in [-0.4, -0.2) is 42.5 Å². The fraction of sp³-hybridized carbons (Fsp3) is 0.300. The lowest BCUT2D eigenvalue weighted by molar-refractivity contribution is 0.0792. The third kappa shape index (κ3) is 3.30. The molecule has 0 aliphatic carbocycles. The summed E-state index contributed by atoms with van der Waals surface area (Å²) in [5.41, 5.74) is 1.69. The first kappa shape index (κ1) is 17.0. The number of carbonyl (C=O) groups is 1. The average Bonchev–Trinajstić information content (AvgIpc) is 3.42. The quantitative estimate of drug-likeness (QED) is 0.746. The number of rotatable bonds is 5. The molecule has 3 aromatic rings. The Morgan fingerprint density at radius 3 is 2.88 bits per heavy atom. The molecule has 6 heteroatoms. The molecular formula is C20H21N3O2S. The molecule has 1 unspecified atom stereocenters. The minimum absolute atomic E-state index is 0.0674. The van der Waals surface area contributed by atoms with Crippen molar-refractivity contribution in [1.29, 1.82) is 0 Å². The topological polar surface area (TPSA) is 58.4 Å². The summed E-state index contributed by atoms with van der Waals surface area (Å²) in [7, 11) is 1.96. The summed E-state index contributed by atoms with van der Waals surface area (Å²) < 4.78 is 5.49. The number of aromatic nitrogens is 1. The summed E-state index contributed by atoms with van der Waals surface area (Å²) in [6, 6.07) is 13.6. The Morgan fingerprint density at radius 2 is 2.15 bits per heavy atom. The summed E-state index contributed by atoms with van der Waals surface area (Å²) in [5.74, 6) is 1.28. The maximum Gasteiger partial charge on any atom is 0.266 e. The van der Waals surface area contributed by atoms with Crippen molar-refractivity contribution in [2.45, 2.75) is 6.42 Å². The van der Waals surface area contributed by atoms with E-state index in [9.17, 15) is 4.79 Å². The zero-order valence-corrected chi connectivity index (χ0v) is 15.5. The molecule has 2 aromatic heterocycles. The van der Waals surface area contributed by atoms with Crippen LogP contribution in [0.15, 0.2) is 53.1 Å². The van der Waals surface area contributed by atoms with Crippen molar-refractivity contribution >= 4 is 17.2 Å². The van der Waals surface area contributed by atoms with Crippen LogP contribution >= 0.6 is 11.3 Å². The number of benzene rings is 1. The molecule has 0 saturated carbocycles. The van der Waals surface area contributed by atoms with Crippen molar-refractivity contribution in [2.24, 2.45) is 5.92 Å². The predicted molar refractivity (Wildman–Crippen MR) is 103 cm³/mol. The Morgan fingerprint density at radius 1 is 1.31 bits per heavy atom. The molecule has 1 aliphatic heterocycles. The van der Waals surface area contributed by atoms with Gasteiger partial charge in [0, 0.05) is 18.7 Å². The highest BCUT2D eigenvalue weighted by Crippen LogP contribution is 2.35. The predicted octanol–water partition coefficient (Wildman–Crippen LogP) is 3.75. The van der Waals surface area contributed by atoms with Gasteiger partial charge in [0.15, 0.2) is 10.8 Å². The van der Waals surface area contributed by atoms with Crippen LogP contribution in [0.3, 0.4) is 0 Å². The number of hydrogen-bond acceptors (Lipinski definition) is 5. The van der Waals surface area contributed by atoms with Crippen LogP contribution in [-0.2, 0) is 0 Å². The van der Waals surface area contributed by atoms with Crippen LogP contribution < -0.4 is 5.32 Å². The number of hydrogen-bond donors (Lipinski definition) is 1. The Labute approximate surface area is 156 Å². The molecule has 26 heavy (non-hydrogen) atoms. The van der Waals surface area contributed by atoms with E-state index < -0.39 is 0 Å². The highest BCUT2D eigenvalue weighted by atomic mass is 32.1. The van der Waals surface area contributed by atoms with Crippen molar-refractivity contribution < 1.29 is 9.21 Å². The normalized spacial score (nSPS) is 17.0. The number of carbonyl (C=O) groups excluding carboxylic acids is 1. The van der Waals surface area contributed by atoms with Crippen molar-refractivity contribution in [2.75, 3.05) is 26.7 Å². The van der Waals surface area contributed by atoms with E-state index in [4.69, 9.17) is 9.40 Å². The first-order valence-corrected chi connectivity index (χ1v) is 9.62. The van der Waals surface area contributed by atoms with Crippen molar-refractivity contribution in [3.05, 3.63) is 53.6 Å². The van der Waals surface area contributed by atoms with Crippen molar-refractivity contribution in [3.8, 4) is 22.0 Å². The van der Waals surface area contributed by atoms with Crippen LogP contribution in [0.2, 0.25) is 0 Å². The van der Waals surface area contributed by atoms with Gasteiger partial charge in [0.05, 0.1) is 12.0 Å². The van der Waals surface area contributed by atoms with E-state index in [0.29, 0.717) is 16.6 Å². The molecule has 1 atom stereocenters. The average molecular weight is 367 g/mol. The van der Waals surface area contributed by atoms with Gasteiger partial charge >= 0.3 is 0 Å². The lowest BCUT2D eigenvalue weighted by atomic mass is 10.1. The number of nitrogens with zero attached hydrogens (tertiary/aromatic N) is 2. The second kappa shape index (κ2) is 7.43. The zero-order valence-electron chi connectivity index (χ0n) is 14.6. The van der Waals surface area contributed by atoms with Crippen LogP contribution in [0, 0.1) is 5.92 Å². The van der Waals surface area contributed by atoms with Gasteiger partial charge in [-0.05, 0) is 38.1 Å². The van der Waals surface area contributed by atoms with E-state index in [0.717, 1.165) is 42.3 Å². The number of furan rings is 1. The molecule has 1 aromatic carbocycles. The van der Waals surface area contributed by atoms with E-state index in [1.807, 2.05) is 54.4 Å². The maximum atomic E-state index is 13.2. The highest BCUT2D eigenvalue weighted by Gasteiger charge is 2.30. The van der Waals surface area contributed by atoms with Crippen LogP contribution in [0.5, 0.6) is 0 Å². The van der Waals surface area contributed by atoms with Gasteiger partial charge in [-0.3, -0.25) is 4.79 Å². The summed E-state index contributed by atoms with van der Waals surface area (Å²) in [6.45, 7) is 2.53. The molecule has 1 N–H and O–H groups in total. The minimum atomic E-state index is 0.0674. The monoisotopic (exact) mass is 367 g/mol. The summed E-state index contributed by atoms with van der Waals surface area (Å²) in [5, 5.41) is 3.95. The van der Waals surface area contributed by atoms with Crippen LogP contribution in [0.25, 0.3) is 22.0 Å². The van der Waals surface area contributed by atoms with Crippen LogP contribution in [0.4, 0.5) is 0 Å². The Balaban J connectivity index is 1.69. The second-order valence-corrected chi connectivity index (χ2v) is 7.50. The number of likely N-dealkylation sites (tertiary alicyclic amines) is 1. The first-order valence-electron chi connectivity index (χ1n) is 8.80. The SMILES string of the molecule is CNCC1CCN(C(=O)c2sc(-c3ccco3)nc2-c2ccccc2)C1. The molecular weight excluding hydrogens is 346 g/mol. The molecule has 1 fully saturated rings. The van der Waals surface area contributed by atoms with Gasteiger partial charge in [-0.15, -0.1) is 11.3 Å². The van der Waals surface area contributed by atoms with E-state index in [-0.39, 0.29) is 5.91 Å². The lowest BCUT2D eigenvalue weighted by Gasteiger charge is -2.16. The van der Waals surface area contributed by atoms with Gasteiger partial charge in [-0.25, -0.2) is 4.98 Å². The zero-order chi connectivity index (χ0) is 17.9. The lowest BCUT2D eigenvalue weighted by Crippen LogP contribution is -2.30. The van der Waals surface area contributed by atoms with Crippen LogP contribution in [0.1, 0.15) is 16.1 Å². The standard InChI is InChI=1S/C20H21N3O2S/c1-21-12-14-9-10-23(13-14)20(24)18-17(15-6-3-2-4-7-15)22-19(26-18)16-8-5-11-25-16/h2-8,11,14,21H,9-10,12-13H2,1H3. The second-order valence-electron chi connectivity index (χ2n) is 6.50. The third-order valence-electron chi connectivity index (χ3n) is 4.67. The summed E-state index contributed by atoms with van der Waals surface area (Å²) >= 11 is 1.41. The minimum Gasteiger partial charge on any atom is -0.462 e. The molecule has 0 spiro atoms. The molecule has 3 heterocycles. The van der Waals surface area contributed by atoms with E-state index in [1.165, 1.54) is 11.3 Å². The third-order valence-corrected chi connectivity index (χ3v) is 5.72. The molecule has 1 aliphatic rings. The summed E-state index contributed by atoms with van der Waals surface area (Å²) in [4.78, 5) is 20.6. The molecule has 5 nitrogen and oxygen atoms in total. The number of amides is 1. The molecule has 1 saturated heterocycles. The molecule has 1 amide bonds. The van der Waals surface area contributed by atoms with Gasteiger partial charge < -0.3 is 14.6 Å². The summed E-state index contributed by atoms with van der Waals surface area (Å²) in [6.07, 6.45) is 2.67. The Hall–Kier alpha value is -2.44. The van der Waals surface area contributed by atoms with Gasteiger partial charge in [-0.2, -0.15) is 0 Å². The first-order chi connectivity index (χ1) is 12.8. The highest BCUT2D eigenvalue weighted by molar-refractivity contribution is 7.17. The van der Waals surface area contributed by atoms with Gasteiger partial charge in [0.25, 0.3) is 5.91 Å². The molecule has 0 radical (unpaired) electrons. The maximum absolute atomic E-state index is 13.2. The van der Waals surface area contributed by atoms with Gasteiger partial charge in [-0.1, -0.05) is 30.3 Å². The molecule has 134 valence electrons. The Kier molecular flexibility index (Phi) is 4.86. The fourth-order valence-corrected chi connectivity index (χ4v) is 4.40. The van der Waals surface area contributed by atoms with E-state index in [1.54, 1.807) is 6.26 Å². The van der Waals surface area contributed by atoms with Gasteiger partial charge in [0.2, 0.25) is 0 Å². The van der Waals surface area contributed by atoms with Crippen molar-refractivity contribution in [3.63, 3.8) is 0 Å². The smallest absolute Gasteiger partial charge is 0.266 e. The fourth-order valence-electron chi connectivity index (χ4n) is 3.38. The molecule has 4 rings (SSSR count). The van der Waals surface area contributed by atoms with Gasteiger partial charge in [0.1, 0.15) is 4.88 Å². The van der Waals surface area contributed by atoms with E-state index >= 15 is 0 Å². The van der Waals surface area contributed by atoms with Crippen molar-refractivity contribution in [1.82, 2.24) is 15.2 Å². The Bertz CT molecular complexity index is 874. The van der Waals surface area contributed by atoms with E-state index in [2.05, 4.69) is 5.32 Å². The largest absolute Gasteiger partial charge is 0.462 e.